The molecule has 7 nitrogen and oxygen atoms in total. The molecule has 1 aliphatic rings. The summed E-state index contributed by atoms with van der Waals surface area (Å²) in [6.07, 6.45) is 6.39. The summed E-state index contributed by atoms with van der Waals surface area (Å²) < 4.78 is 2.08. The minimum Gasteiger partial charge on any atom is -0.481 e. The Morgan fingerprint density at radius 2 is 2.26 bits per heavy atom. The number of nitrogens with zero attached hydrogens (tertiary/aromatic N) is 4. The average Bonchev–Trinajstić information content (AvgIpc) is 3.14. The van der Waals surface area contributed by atoms with Gasteiger partial charge in [0.05, 0.1) is 6.33 Å². The first kappa shape index (κ1) is 11.9. The Hall–Kier alpha value is -2.18. The second-order valence-corrected chi connectivity index (χ2v) is 4.70. The largest absolute Gasteiger partial charge is 0.481 e. The number of carboxylic acids is 1. The van der Waals surface area contributed by atoms with Gasteiger partial charge < -0.3 is 15.0 Å². The van der Waals surface area contributed by atoms with E-state index in [-0.39, 0.29) is 6.42 Å². The van der Waals surface area contributed by atoms with Crippen molar-refractivity contribution < 1.29 is 9.90 Å². The van der Waals surface area contributed by atoms with Crippen molar-refractivity contribution in [3.05, 3.63) is 12.7 Å². The molecule has 2 N–H and O–H groups in total. The number of carboxylic acid groups (broad SMARTS) is 1. The number of imidazole rings is 1. The molecule has 0 saturated heterocycles. The highest BCUT2D eigenvalue weighted by molar-refractivity contribution is 5.82. The van der Waals surface area contributed by atoms with Crippen molar-refractivity contribution in [2.75, 3.05) is 11.9 Å². The molecule has 0 radical (unpaired) electrons. The third kappa shape index (κ3) is 2.49. The van der Waals surface area contributed by atoms with Crippen LogP contribution in [-0.2, 0) is 4.79 Å². The van der Waals surface area contributed by atoms with Crippen LogP contribution in [0.2, 0.25) is 0 Å². The number of aromatic nitrogens is 4. The summed E-state index contributed by atoms with van der Waals surface area (Å²) in [5.41, 5.74) is 1.60. The van der Waals surface area contributed by atoms with E-state index in [1.807, 2.05) is 0 Å². The predicted molar refractivity (Wildman–Crippen MR) is 69.0 cm³/mol. The maximum absolute atomic E-state index is 10.4. The van der Waals surface area contributed by atoms with E-state index in [1.165, 1.54) is 19.2 Å². The van der Waals surface area contributed by atoms with Gasteiger partial charge in [0.1, 0.15) is 11.8 Å². The number of nitrogens with one attached hydrogen (secondary N) is 1. The van der Waals surface area contributed by atoms with Crippen LogP contribution in [0.1, 0.15) is 31.7 Å². The first-order valence-electron chi connectivity index (χ1n) is 6.39. The van der Waals surface area contributed by atoms with E-state index in [0.29, 0.717) is 24.8 Å². The van der Waals surface area contributed by atoms with E-state index < -0.39 is 5.97 Å². The van der Waals surface area contributed by atoms with Gasteiger partial charge in [0.25, 0.3) is 0 Å². The molecular formula is C12H15N5O2. The molecule has 0 bridgehead atoms. The van der Waals surface area contributed by atoms with Crippen molar-refractivity contribution in [3.8, 4) is 0 Å². The number of carbonyl (C=O) groups is 1. The highest BCUT2D eigenvalue weighted by atomic mass is 16.4. The zero-order valence-corrected chi connectivity index (χ0v) is 10.4. The third-order valence-corrected chi connectivity index (χ3v) is 3.16. The van der Waals surface area contributed by atoms with Crippen LogP contribution >= 0.6 is 0 Å². The third-order valence-electron chi connectivity index (χ3n) is 3.16. The van der Waals surface area contributed by atoms with E-state index in [2.05, 4.69) is 24.8 Å². The fraction of sp³-hybridized carbons (Fsp3) is 0.500. The highest BCUT2D eigenvalue weighted by Crippen LogP contribution is 2.37. The molecule has 100 valence electrons. The van der Waals surface area contributed by atoms with Crippen LogP contribution in [0.4, 0.5) is 5.82 Å². The lowest BCUT2D eigenvalue weighted by Gasteiger charge is -2.05. The van der Waals surface area contributed by atoms with E-state index in [1.54, 1.807) is 6.33 Å². The monoisotopic (exact) mass is 261 g/mol. The summed E-state index contributed by atoms with van der Waals surface area (Å²) in [5, 5.41) is 11.7. The number of fused-ring (bicyclic) bond motifs is 1. The molecule has 0 aliphatic heterocycles. The van der Waals surface area contributed by atoms with Crippen LogP contribution < -0.4 is 5.32 Å². The smallest absolute Gasteiger partial charge is 0.303 e. The second kappa shape index (κ2) is 4.83. The van der Waals surface area contributed by atoms with Crippen LogP contribution in [0, 0.1) is 0 Å². The lowest BCUT2D eigenvalue weighted by Crippen LogP contribution is -2.07. The first-order chi connectivity index (χ1) is 9.25. The van der Waals surface area contributed by atoms with Crippen molar-refractivity contribution in [1.82, 2.24) is 19.5 Å². The quantitative estimate of drug-likeness (QED) is 0.764. The molecule has 0 aromatic carbocycles. The molecule has 1 fully saturated rings. The van der Waals surface area contributed by atoms with Crippen molar-refractivity contribution in [1.29, 1.82) is 0 Å². The number of anilines is 1. The molecule has 19 heavy (non-hydrogen) atoms. The van der Waals surface area contributed by atoms with E-state index in [4.69, 9.17) is 5.11 Å². The summed E-state index contributed by atoms with van der Waals surface area (Å²) in [4.78, 5) is 23.2. The second-order valence-electron chi connectivity index (χ2n) is 4.70. The number of rotatable bonds is 6. The highest BCUT2D eigenvalue weighted by Gasteiger charge is 2.26. The van der Waals surface area contributed by atoms with E-state index in [9.17, 15) is 4.79 Å². The molecule has 3 rings (SSSR count). The summed E-state index contributed by atoms with van der Waals surface area (Å²) in [5.74, 6) is -0.109. The Morgan fingerprint density at radius 3 is 3.00 bits per heavy atom. The molecule has 1 aliphatic carbocycles. The summed E-state index contributed by atoms with van der Waals surface area (Å²) in [6.45, 7) is 0.564. The molecule has 0 amide bonds. The van der Waals surface area contributed by atoms with Gasteiger partial charge in [-0.05, 0) is 19.3 Å². The zero-order chi connectivity index (χ0) is 13.2. The van der Waals surface area contributed by atoms with Gasteiger partial charge in [-0.2, -0.15) is 0 Å². The summed E-state index contributed by atoms with van der Waals surface area (Å²) in [6, 6.07) is 0.528. The topological polar surface area (TPSA) is 92.9 Å². The van der Waals surface area contributed by atoms with Gasteiger partial charge in [-0.15, -0.1) is 0 Å². The first-order valence-corrected chi connectivity index (χ1v) is 6.39. The Morgan fingerprint density at radius 1 is 1.42 bits per heavy atom. The molecule has 0 unspecified atom stereocenters. The minimum atomic E-state index is -0.785. The average molecular weight is 261 g/mol. The number of aliphatic carboxylic acids is 1. The summed E-state index contributed by atoms with van der Waals surface area (Å²) >= 11 is 0. The van der Waals surface area contributed by atoms with Gasteiger partial charge in [0.2, 0.25) is 0 Å². The van der Waals surface area contributed by atoms with Gasteiger partial charge in [-0.1, -0.05) is 0 Å². The SMILES string of the molecule is O=C(O)CCCNc1ncnc2c1ncn2C1CC1. The lowest BCUT2D eigenvalue weighted by atomic mass is 10.3. The number of hydrogen-bond donors (Lipinski definition) is 2. The molecule has 1 saturated carbocycles. The van der Waals surface area contributed by atoms with Crippen molar-refractivity contribution in [3.63, 3.8) is 0 Å². The van der Waals surface area contributed by atoms with E-state index >= 15 is 0 Å². The molecule has 0 atom stereocenters. The lowest BCUT2D eigenvalue weighted by molar-refractivity contribution is -0.137. The standard InChI is InChI=1S/C12H15N5O2/c18-9(19)2-1-5-13-11-10-12(15-6-14-11)17(7-16-10)8-3-4-8/h6-8H,1-5H2,(H,18,19)(H,13,14,15). The zero-order valence-electron chi connectivity index (χ0n) is 10.4. The molecule has 0 spiro atoms. The Kier molecular flexibility index (Phi) is 3.02. The Balaban J connectivity index is 1.74. The molecule has 2 aromatic rings. The number of hydrogen-bond acceptors (Lipinski definition) is 5. The van der Waals surface area contributed by atoms with Crippen LogP contribution in [0.5, 0.6) is 0 Å². The Labute approximate surface area is 109 Å². The van der Waals surface area contributed by atoms with Crippen LogP contribution in [-0.4, -0.2) is 37.1 Å². The maximum atomic E-state index is 10.4. The molecular weight excluding hydrogens is 246 g/mol. The van der Waals surface area contributed by atoms with Crippen LogP contribution in [0.25, 0.3) is 11.2 Å². The molecule has 7 heteroatoms. The van der Waals surface area contributed by atoms with E-state index in [0.717, 1.165) is 11.2 Å². The summed E-state index contributed by atoms with van der Waals surface area (Å²) in [7, 11) is 0. The van der Waals surface area contributed by atoms with Crippen molar-refractivity contribution in [2.24, 2.45) is 0 Å². The fourth-order valence-corrected chi connectivity index (χ4v) is 2.05. The Bertz CT molecular complexity index is 605. The normalized spacial score (nSPS) is 14.7. The minimum absolute atomic E-state index is 0.151. The van der Waals surface area contributed by atoms with Crippen molar-refractivity contribution in [2.45, 2.75) is 31.7 Å². The fourth-order valence-electron chi connectivity index (χ4n) is 2.05. The van der Waals surface area contributed by atoms with Gasteiger partial charge in [-0.25, -0.2) is 15.0 Å². The van der Waals surface area contributed by atoms with Gasteiger partial charge in [0, 0.05) is 19.0 Å². The molecule has 2 aromatic heterocycles. The predicted octanol–water partition coefficient (Wildman–Crippen LogP) is 1.44. The van der Waals surface area contributed by atoms with Crippen LogP contribution in [0.15, 0.2) is 12.7 Å². The maximum Gasteiger partial charge on any atom is 0.303 e. The van der Waals surface area contributed by atoms with Gasteiger partial charge in [0.15, 0.2) is 11.5 Å². The van der Waals surface area contributed by atoms with Crippen molar-refractivity contribution >= 4 is 23.0 Å². The van der Waals surface area contributed by atoms with Gasteiger partial charge >= 0.3 is 5.97 Å². The molecule has 2 heterocycles. The van der Waals surface area contributed by atoms with Gasteiger partial charge in [-0.3, -0.25) is 4.79 Å². The van der Waals surface area contributed by atoms with Crippen LogP contribution in [0.3, 0.4) is 0 Å².